The van der Waals surface area contributed by atoms with Gasteiger partial charge in [-0.2, -0.15) is 0 Å². The van der Waals surface area contributed by atoms with Crippen LogP contribution in [0.25, 0.3) is 0 Å². The normalized spacial score (nSPS) is 29.4. The first kappa shape index (κ1) is 14.6. The Hall–Kier alpha value is -1.83. The van der Waals surface area contributed by atoms with E-state index < -0.39 is 17.7 Å². The first-order valence-electron chi connectivity index (χ1n) is 6.72. The van der Waals surface area contributed by atoms with Crippen molar-refractivity contribution < 1.29 is 19.1 Å². The minimum Gasteiger partial charge on any atom is -0.453 e. The molecule has 112 valence electrons. The van der Waals surface area contributed by atoms with E-state index in [-0.39, 0.29) is 11.8 Å². The number of hydrogen-bond acceptors (Lipinski definition) is 5. The maximum Gasteiger partial charge on any atom is 0.407 e. The van der Waals surface area contributed by atoms with E-state index >= 15 is 0 Å². The molecule has 2 aliphatic rings. The summed E-state index contributed by atoms with van der Waals surface area (Å²) in [5.41, 5.74) is 1.30. The number of hydrazine groups is 1. The Morgan fingerprint density at radius 1 is 1.40 bits per heavy atom. The molecule has 0 bridgehead atoms. The molecule has 0 saturated carbocycles. The van der Waals surface area contributed by atoms with Crippen LogP contribution in [0.3, 0.4) is 0 Å². The molecule has 0 spiro atoms. The summed E-state index contributed by atoms with van der Waals surface area (Å²) < 4.78 is 4.53. The summed E-state index contributed by atoms with van der Waals surface area (Å²) in [7, 11) is 1.25. The molecule has 2 aliphatic heterocycles. The van der Waals surface area contributed by atoms with Gasteiger partial charge in [-0.15, -0.1) is 0 Å². The molecule has 0 radical (unpaired) electrons. The van der Waals surface area contributed by atoms with Crippen molar-refractivity contribution >= 4 is 17.9 Å². The molecule has 8 nitrogen and oxygen atoms in total. The van der Waals surface area contributed by atoms with E-state index in [1.807, 2.05) is 0 Å². The Morgan fingerprint density at radius 3 is 2.75 bits per heavy atom. The number of nitrogens with zero attached hydrogens (tertiary/aromatic N) is 1. The molecule has 2 saturated heterocycles. The highest BCUT2D eigenvalue weighted by atomic mass is 16.5. The Morgan fingerprint density at radius 2 is 2.10 bits per heavy atom. The van der Waals surface area contributed by atoms with E-state index in [0.717, 1.165) is 6.42 Å². The summed E-state index contributed by atoms with van der Waals surface area (Å²) in [4.78, 5) is 37.5. The topological polar surface area (TPSA) is 114 Å². The fourth-order valence-electron chi connectivity index (χ4n) is 3.19. The van der Waals surface area contributed by atoms with Gasteiger partial charge in [0, 0.05) is 6.54 Å². The molecule has 20 heavy (non-hydrogen) atoms. The van der Waals surface area contributed by atoms with Crippen LogP contribution in [0.4, 0.5) is 4.79 Å². The summed E-state index contributed by atoms with van der Waals surface area (Å²) in [6.07, 6.45) is 2.42. The minimum atomic E-state index is -0.863. The molecule has 2 rings (SSSR count). The second-order valence-corrected chi connectivity index (χ2v) is 5.18. The van der Waals surface area contributed by atoms with Crippen molar-refractivity contribution in [2.45, 2.75) is 43.7 Å². The lowest BCUT2D eigenvalue weighted by molar-refractivity contribution is -0.145. The van der Waals surface area contributed by atoms with Crippen LogP contribution >= 0.6 is 0 Å². The van der Waals surface area contributed by atoms with E-state index in [1.165, 1.54) is 7.11 Å². The summed E-state index contributed by atoms with van der Waals surface area (Å²) in [5.74, 6) is 4.69. The number of hydrogen-bond donors (Lipinski definition) is 3. The van der Waals surface area contributed by atoms with Gasteiger partial charge in [-0.3, -0.25) is 15.0 Å². The Kier molecular flexibility index (Phi) is 4.12. The van der Waals surface area contributed by atoms with Crippen molar-refractivity contribution in [3.63, 3.8) is 0 Å². The highest BCUT2D eigenvalue weighted by Crippen LogP contribution is 2.37. The number of ether oxygens (including phenoxy) is 1. The monoisotopic (exact) mass is 284 g/mol. The van der Waals surface area contributed by atoms with E-state index in [2.05, 4.69) is 15.5 Å². The van der Waals surface area contributed by atoms with Crippen LogP contribution in [-0.2, 0) is 14.3 Å². The van der Waals surface area contributed by atoms with Crippen LogP contribution in [0.15, 0.2) is 0 Å². The third-order valence-corrected chi connectivity index (χ3v) is 4.17. The lowest BCUT2D eigenvalue weighted by atomic mass is 9.90. The predicted molar refractivity (Wildman–Crippen MR) is 69.2 cm³/mol. The van der Waals surface area contributed by atoms with Crippen LogP contribution in [0.5, 0.6) is 0 Å². The molecule has 0 aromatic rings. The molecule has 0 aliphatic carbocycles. The molecule has 0 aromatic heterocycles. The van der Waals surface area contributed by atoms with Gasteiger partial charge in [-0.25, -0.2) is 10.6 Å². The molecule has 2 fully saturated rings. The second-order valence-electron chi connectivity index (χ2n) is 5.18. The van der Waals surface area contributed by atoms with Gasteiger partial charge < -0.3 is 15.0 Å². The number of fused-ring (bicyclic) bond motifs is 1. The Balaban J connectivity index is 2.22. The molecule has 8 heteroatoms. The summed E-state index contributed by atoms with van der Waals surface area (Å²) in [6.45, 7) is 0.506. The molecule has 0 aromatic carbocycles. The lowest BCUT2D eigenvalue weighted by Crippen LogP contribution is -2.60. The number of alkyl carbamates (subject to hydrolysis) is 1. The van der Waals surface area contributed by atoms with Crippen molar-refractivity contribution in [3.05, 3.63) is 0 Å². The summed E-state index contributed by atoms with van der Waals surface area (Å²) >= 11 is 0. The predicted octanol–water partition coefficient (Wildman–Crippen LogP) is -0.754. The Bertz CT molecular complexity index is 428. The average molecular weight is 284 g/mol. The van der Waals surface area contributed by atoms with Crippen molar-refractivity contribution in [3.8, 4) is 0 Å². The molecule has 2 atom stereocenters. The van der Waals surface area contributed by atoms with Crippen molar-refractivity contribution in [2.24, 2.45) is 5.84 Å². The standard InChI is InChI=1S/C12H20N4O4/c1-20-11(19)14-8-4-2-5-12(10(18)15-13)6-3-7-16(12)9(8)17/h8H,2-7,13H2,1H3,(H,14,19)(H,15,18). The average Bonchev–Trinajstić information content (AvgIpc) is 2.84. The first-order chi connectivity index (χ1) is 9.55. The number of carbonyl (C=O) groups excluding carboxylic acids is 3. The Labute approximate surface area is 117 Å². The zero-order chi connectivity index (χ0) is 14.8. The second kappa shape index (κ2) is 5.66. The zero-order valence-electron chi connectivity index (χ0n) is 11.5. The van der Waals surface area contributed by atoms with Gasteiger partial charge in [-0.1, -0.05) is 0 Å². The fourth-order valence-corrected chi connectivity index (χ4v) is 3.19. The number of methoxy groups -OCH3 is 1. The fraction of sp³-hybridized carbons (Fsp3) is 0.750. The first-order valence-corrected chi connectivity index (χ1v) is 6.72. The van der Waals surface area contributed by atoms with Crippen LogP contribution in [0, 0.1) is 0 Å². The van der Waals surface area contributed by atoms with Gasteiger partial charge in [0.15, 0.2) is 0 Å². The van der Waals surface area contributed by atoms with Crippen LogP contribution in [0.1, 0.15) is 32.1 Å². The highest BCUT2D eigenvalue weighted by molar-refractivity contribution is 5.95. The van der Waals surface area contributed by atoms with Crippen LogP contribution < -0.4 is 16.6 Å². The van der Waals surface area contributed by atoms with Gasteiger partial charge in [0.1, 0.15) is 11.6 Å². The molecule has 2 heterocycles. The zero-order valence-corrected chi connectivity index (χ0v) is 11.5. The van der Waals surface area contributed by atoms with E-state index in [9.17, 15) is 14.4 Å². The lowest BCUT2D eigenvalue weighted by Gasteiger charge is -2.35. The third kappa shape index (κ3) is 2.31. The van der Waals surface area contributed by atoms with Crippen LogP contribution in [-0.4, -0.2) is 48.0 Å². The summed E-state index contributed by atoms with van der Waals surface area (Å²) in [6, 6.07) is -0.645. The van der Waals surface area contributed by atoms with Crippen molar-refractivity contribution in [2.75, 3.05) is 13.7 Å². The van der Waals surface area contributed by atoms with Crippen LogP contribution in [0.2, 0.25) is 0 Å². The summed E-state index contributed by atoms with van der Waals surface area (Å²) in [5, 5.41) is 2.53. The molecular formula is C12H20N4O4. The number of amides is 3. The van der Waals surface area contributed by atoms with Crippen molar-refractivity contribution in [1.82, 2.24) is 15.6 Å². The van der Waals surface area contributed by atoms with Gasteiger partial charge in [-0.05, 0) is 32.1 Å². The highest BCUT2D eigenvalue weighted by Gasteiger charge is 2.51. The van der Waals surface area contributed by atoms with Gasteiger partial charge in [0.05, 0.1) is 7.11 Å². The number of carbonyl (C=O) groups is 3. The number of nitrogens with one attached hydrogen (secondary N) is 2. The molecule has 4 N–H and O–H groups in total. The molecular weight excluding hydrogens is 264 g/mol. The maximum atomic E-state index is 12.5. The SMILES string of the molecule is COC(=O)NC1CCCC2(C(=O)NN)CCCN2C1=O. The third-order valence-electron chi connectivity index (χ3n) is 4.17. The van der Waals surface area contributed by atoms with Crippen molar-refractivity contribution in [1.29, 1.82) is 0 Å². The number of rotatable bonds is 2. The number of nitrogens with two attached hydrogens (primary N) is 1. The van der Waals surface area contributed by atoms with E-state index in [4.69, 9.17) is 5.84 Å². The van der Waals surface area contributed by atoms with Gasteiger partial charge in [0.2, 0.25) is 5.91 Å². The van der Waals surface area contributed by atoms with Gasteiger partial charge in [0.25, 0.3) is 5.91 Å². The molecule has 3 amide bonds. The largest absolute Gasteiger partial charge is 0.453 e. The van der Waals surface area contributed by atoms with E-state index in [0.29, 0.717) is 32.2 Å². The van der Waals surface area contributed by atoms with Gasteiger partial charge >= 0.3 is 6.09 Å². The maximum absolute atomic E-state index is 12.5. The molecule has 2 unspecified atom stereocenters. The quantitative estimate of drug-likeness (QED) is 0.350. The van der Waals surface area contributed by atoms with E-state index in [1.54, 1.807) is 4.90 Å². The smallest absolute Gasteiger partial charge is 0.407 e. The minimum absolute atomic E-state index is 0.242.